The molecule has 1 unspecified atom stereocenters. The van der Waals surface area contributed by atoms with Crippen molar-refractivity contribution < 1.29 is 0 Å². The molecule has 0 saturated carbocycles. The van der Waals surface area contributed by atoms with Crippen LogP contribution in [0.15, 0.2) is 24.3 Å². The quantitative estimate of drug-likeness (QED) is 0.916. The van der Waals surface area contributed by atoms with E-state index in [9.17, 15) is 0 Å². The van der Waals surface area contributed by atoms with E-state index in [-0.39, 0.29) is 0 Å². The lowest BCUT2D eigenvalue weighted by Gasteiger charge is -2.32. The van der Waals surface area contributed by atoms with Gasteiger partial charge in [0.15, 0.2) is 0 Å². The smallest absolute Gasteiger partial charge is 0.108 e. The van der Waals surface area contributed by atoms with Crippen LogP contribution in [0.3, 0.4) is 0 Å². The first-order valence-electron chi connectivity index (χ1n) is 8.01. The molecular formula is C17H25N3S. The van der Waals surface area contributed by atoms with Crippen LogP contribution in [0.5, 0.6) is 0 Å². The van der Waals surface area contributed by atoms with Gasteiger partial charge in [-0.05, 0) is 44.0 Å². The van der Waals surface area contributed by atoms with Gasteiger partial charge in [0, 0.05) is 12.6 Å². The van der Waals surface area contributed by atoms with Crippen LogP contribution in [0.1, 0.15) is 31.7 Å². The van der Waals surface area contributed by atoms with Gasteiger partial charge in [-0.1, -0.05) is 26.0 Å². The van der Waals surface area contributed by atoms with Gasteiger partial charge in [0.2, 0.25) is 0 Å². The summed E-state index contributed by atoms with van der Waals surface area (Å²) in [5, 5.41) is 4.84. The summed E-state index contributed by atoms with van der Waals surface area (Å²) in [5.41, 5.74) is 1.15. The Kier molecular flexibility index (Phi) is 4.88. The van der Waals surface area contributed by atoms with Crippen LogP contribution in [0.2, 0.25) is 0 Å². The molecule has 0 aliphatic carbocycles. The monoisotopic (exact) mass is 303 g/mol. The fourth-order valence-corrected chi connectivity index (χ4v) is 4.05. The number of nitrogens with one attached hydrogen (secondary N) is 1. The summed E-state index contributed by atoms with van der Waals surface area (Å²) in [6.07, 6.45) is 2.67. The third kappa shape index (κ3) is 4.02. The van der Waals surface area contributed by atoms with Gasteiger partial charge in [0.1, 0.15) is 5.01 Å². The summed E-state index contributed by atoms with van der Waals surface area (Å²) in [6.45, 7) is 9.03. The maximum absolute atomic E-state index is 4.77. The zero-order valence-electron chi connectivity index (χ0n) is 13.0. The van der Waals surface area contributed by atoms with Crippen molar-refractivity contribution in [3.8, 4) is 0 Å². The first-order valence-corrected chi connectivity index (χ1v) is 8.82. The first-order chi connectivity index (χ1) is 10.2. The van der Waals surface area contributed by atoms with E-state index in [0.717, 1.165) is 24.5 Å². The summed E-state index contributed by atoms with van der Waals surface area (Å²) in [7, 11) is 0. The minimum absolute atomic E-state index is 0.588. The predicted octanol–water partition coefficient (Wildman–Crippen LogP) is 3.51. The van der Waals surface area contributed by atoms with E-state index >= 15 is 0 Å². The molecule has 2 aromatic rings. The molecular weight excluding hydrogens is 278 g/mol. The Hall–Kier alpha value is -0.970. The lowest BCUT2D eigenvalue weighted by molar-refractivity contribution is 0.164. The molecule has 4 heteroatoms. The molecule has 21 heavy (non-hydrogen) atoms. The number of para-hydroxylation sites is 1. The molecule has 3 rings (SSSR count). The van der Waals surface area contributed by atoms with E-state index in [1.807, 2.05) is 11.3 Å². The topological polar surface area (TPSA) is 28.2 Å². The van der Waals surface area contributed by atoms with Gasteiger partial charge in [0.25, 0.3) is 0 Å². The molecule has 0 bridgehead atoms. The molecule has 0 amide bonds. The number of nitrogens with zero attached hydrogens (tertiary/aromatic N) is 2. The molecule has 1 aromatic heterocycles. The summed E-state index contributed by atoms with van der Waals surface area (Å²) in [6, 6.07) is 9.03. The second kappa shape index (κ2) is 6.86. The van der Waals surface area contributed by atoms with Gasteiger partial charge < -0.3 is 5.32 Å². The van der Waals surface area contributed by atoms with Crippen molar-refractivity contribution in [1.82, 2.24) is 15.2 Å². The SMILES string of the molecule is CC(C)NCC1CCCN(Cc2nc3ccccc3s2)C1. The lowest BCUT2D eigenvalue weighted by atomic mass is 9.98. The fraction of sp³-hybridized carbons (Fsp3) is 0.588. The largest absolute Gasteiger partial charge is 0.314 e. The summed E-state index contributed by atoms with van der Waals surface area (Å²) in [5.74, 6) is 0.788. The molecule has 3 nitrogen and oxygen atoms in total. The van der Waals surface area contributed by atoms with Gasteiger partial charge >= 0.3 is 0 Å². The Bertz CT molecular complexity index is 545. The molecule has 1 N–H and O–H groups in total. The Morgan fingerprint density at radius 2 is 2.24 bits per heavy atom. The van der Waals surface area contributed by atoms with E-state index in [1.165, 1.54) is 35.6 Å². The number of rotatable bonds is 5. The minimum Gasteiger partial charge on any atom is -0.314 e. The van der Waals surface area contributed by atoms with Crippen molar-refractivity contribution in [2.45, 2.75) is 39.3 Å². The highest BCUT2D eigenvalue weighted by Gasteiger charge is 2.20. The molecule has 114 valence electrons. The third-order valence-electron chi connectivity index (χ3n) is 4.11. The highest BCUT2D eigenvalue weighted by atomic mass is 32.1. The number of hydrogen-bond acceptors (Lipinski definition) is 4. The number of aromatic nitrogens is 1. The van der Waals surface area contributed by atoms with Crippen molar-refractivity contribution in [2.75, 3.05) is 19.6 Å². The number of benzene rings is 1. The van der Waals surface area contributed by atoms with E-state index < -0.39 is 0 Å². The first kappa shape index (κ1) is 14.9. The molecule has 0 spiro atoms. The Balaban J connectivity index is 1.59. The van der Waals surface area contributed by atoms with Crippen molar-refractivity contribution >= 4 is 21.6 Å². The summed E-state index contributed by atoms with van der Waals surface area (Å²) >= 11 is 1.84. The predicted molar refractivity (Wildman–Crippen MR) is 90.8 cm³/mol. The van der Waals surface area contributed by atoms with Crippen LogP contribution >= 0.6 is 11.3 Å². The average molecular weight is 303 g/mol. The number of piperidine rings is 1. The van der Waals surface area contributed by atoms with Gasteiger partial charge in [0.05, 0.1) is 16.8 Å². The highest BCUT2D eigenvalue weighted by Crippen LogP contribution is 2.24. The maximum Gasteiger partial charge on any atom is 0.108 e. The normalized spacial score (nSPS) is 20.4. The standard InChI is InChI=1S/C17H25N3S/c1-13(2)18-10-14-6-5-9-20(11-14)12-17-19-15-7-3-4-8-16(15)21-17/h3-4,7-8,13-14,18H,5-6,9-12H2,1-2H3. The molecule has 1 fully saturated rings. The molecule has 0 radical (unpaired) electrons. The second-order valence-corrected chi connectivity index (χ2v) is 7.50. The van der Waals surface area contributed by atoms with E-state index in [1.54, 1.807) is 0 Å². The molecule has 1 atom stereocenters. The highest BCUT2D eigenvalue weighted by molar-refractivity contribution is 7.18. The van der Waals surface area contributed by atoms with Crippen molar-refractivity contribution in [2.24, 2.45) is 5.92 Å². The fourth-order valence-electron chi connectivity index (χ4n) is 3.04. The number of fused-ring (bicyclic) bond motifs is 1. The minimum atomic E-state index is 0.588. The van der Waals surface area contributed by atoms with Crippen LogP contribution < -0.4 is 5.32 Å². The third-order valence-corrected chi connectivity index (χ3v) is 5.14. The van der Waals surface area contributed by atoms with Gasteiger partial charge in [-0.3, -0.25) is 4.90 Å². The van der Waals surface area contributed by atoms with E-state index in [2.05, 4.69) is 48.3 Å². The number of likely N-dealkylation sites (tertiary alicyclic amines) is 1. The number of thiazole rings is 1. The summed E-state index contributed by atoms with van der Waals surface area (Å²) in [4.78, 5) is 7.34. The molecule has 1 aromatic carbocycles. The number of hydrogen-bond donors (Lipinski definition) is 1. The van der Waals surface area contributed by atoms with Crippen LogP contribution in [0.25, 0.3) is 10.2 Å². The Labute approximate surface area is 131 Å². The van der Waals surface area contributed by atoms with Crippen LogP contribution in [-0.4, -0.2) is 35.6 Å². The van der Waals surface area contributed by atoms with E-state index in [4.69, 9.17) is 4.98 Å². The molecule has 1 aliphatic rings. The maximum atomic E-state index is 4.77. The van der Waals surface area contributed by atoms with Gasteiger partial charge in [-0.2, -0.15) is 0 Å². The second-order valence-electron chi connectivity index (χ2n) is 6.38. The Morgan fingerprint density at radius 3 is 3.05 bits per heavy atom. The van der Waals surface area contributed by atoms with Crippen molar-refractivity contribution in [3.05, 3.63) is 29.3 Å². The molecule has 1 saturated heterocycles. The van der Waals surface area contributed by atoms with Gasteiger partial charge in [-0.15, -0.1) is 11.3 Å². The Morgan fingerprint density at radius 1 is 1.38 bits per heavy atom. The lowest BCUT2D eigenvalue weighted by Crippen LogP contribution is -2.40. The van der Waals surface area contributed by atoms with Crippen molar-refractivity contribution in [1.29, 1.82) is 0 Å². The van der Waals surface area contributed by atoms with Crippen LogP contribution in [0, 0.1) is 5.92 Å². The van der Waals surface area contributed by atoms with Crippen molar-refractivity contribution in [3.63, 3.8) is 0 Å². The average Bonchev–Trinajstić information content (AvgIpc) is 2.87. The molecule has 1 aliphatic heterocycles. The zero-order valence-corrected chi connectivity index (χ0v) is 13.8. The van der Waals surface area contributed by atoms with Crippen LogP contribution in [0.4, 0.5) is 0 Å². The molecule has 2 heterocycles. The zero-order chi connectivity index (χ0) is 14.7. The summed E-state index contributed by atoms with van der Waals surface area (Å²) < 4.78 is 1.31. The van der Waals surface area contributed by atoms with Crippen LogP contribution in [-0.2, 0) is 6.54 Å². The van der Waals surface area contributed by atoms with E-state index in [0.29, 0.717) is 6.04 Å². The van der Waals surface area contributed by atoms with Gasteiger partial charge in [-0.25, -0.2) is 4.98 Å².